The Morgan fingerprint density at radius 2 is 1.95 bits per heavy atom. The molecule has 0 spiro atoms. The fourth-order valence-corrected chi connectivity index (χ4v) is 2.73. The highest BCUT2D eigenvalue weighted by molar-refractivity contribution is 5.86. The van der Waals surface area contributed by atoms with Crippen molar-refractivity contribution in [2.45, 2.75) is 19.5 Å². The summed E-state index contributed by atoms with van der Waals surface area (Å²) < 4.78 is 1.82. The van der Waals surface area contributed by atoms with E-state index in [-0.39, 0.29) is 18.9 Å². The van der Waals surface area contributed by atoms with E-state index in [1.165, 1.54) is 0 Å². The summed E-state index contributed by atoms with van der Waals surface area (Å²) in [6, 6.07) is 9.72. The first kappa shape index (κ1) is 14.3. The summed E-state index contributed by atoms with van der Waals surface area (Å²) in [5.41, 5.74) is 2.11. The lowest BCUT2D eigenvalue weighted by molar-refractivity contribution is -0.141. The number of hydrogen-bond acceptors (Lipinski definition) is 3. The van der Waals surface area contributed by atoms with Crippen molar-refractivity contribution in [1.29, 1.82) is 0 Å². The number of aliphatic carboxylic acids is 1. The van der Waals surface area contributed by atoms with Crippen LogP contribution in [0.25, 0.3) is 0 Å². The lowest BCUT2D eigenvalue weighted by atomic mass is 10.1. The second-order valence-electron chi connectivity index (χ2n) is 5.49. The van der Waals surface area contributed by atoms with Crippen LogP contribution >= 0.6 is 0 Å². The van der Waals surface area contributed by atoms with Crippen molar-refractivity contribution >= 4 is 11.9 Å². The van der Waals surface area contributed by atoms with Crippen molar-refractivity contribution in [1.82, 2.24) is 14.7 Å². The molecule has 0 saturated carbocycles. The van der Waals surface area contributed by atoms with Gasteiger partial charge in [0, 0.05) is 31.9 Å². The van der Waals surface area contributed by atoms with Gasteiger partial charge in [-0.2, -0.15) is 5.10 Å². The van der Waals surface area contributed by atoms with Crippen LogP contribution in [-0.2, 0) is 22.7 Å². The van der Waals surface area contributed by atoms with Crippen molar-refractivity contribution in [3.05, 3.63) is 53.9 Å². The molecule has 1 fully saturated rings. The first-order valence-corrected chi connectivity index (χ1v) is 7.18. The number of hydrogen-bond donors (Lipinski definition) is 1. The van der Waals surface area contributed by atoms with Gasteiger partial charge < -0.3 is 10.0 Å². The number of rotatable bonds is 5. The maximum absolute atomic E-state index is 12.0. The highest BCUT2D eigenvalue weighted by Gasteiger charge is 2.34. The summed E-state index contributed by atoms with van der Waals surface area (Å²) in [4.78, 5) is 24.6. The Morgan fingerprint density at radius 3 is 2.55 bits per heavy atom. The van der Waals surface area contributed by atoms with Gasteiger partial charge in [0.25, 0.3) is 0 Å². The summed E-state index contributed by atoms with van der Waals surface area (Å²) in [5, 5.41) is 13.2. The quantitative estimate of drug-likeness (QED) is 0.904. The van der Waals surface area contributed by atoms with Gasteiger partial charge >= 0.3 is 5.97 Å². The van der Waals surface area contributed by atoms with E-state index >= 15 is 0 Å². The van der Waals surface area contributed by atoms with E-state index in [4.69, 9.17) is 5.11 Å². The third-order valence-corrected chi connectivity index (χ3v) is 3.93. The van der Waals surface area contributed by atoms with Crippen molar-refractivity contribution in [2.24, 2.45) is 5.92 Å². The number of carboxylic acid groups (broad SMARTS) is 1. The van der Waals surface area contributed by atoms with Crippen LogP contribution in [0, 0.1) is 5.92 Å². The fourth-order valence-electron chi connectivity index (χ4n) is 2.73. The van der Waals surface area contributed by atoms with Crippen LogP contribution in [0.4, 0.5) is 0 Å². The Bertz CT molecular complexity index is 682. The van der Waals surface area contributed by atoms with E-state index in [1.807, 2.05) is 41.2 Å². The van der Waals surface area contributed by atoms with E-state index in [9.17, 15) is 9.59 Å². The van der Waals surface area contributed by atoms with E-state index in [1.54, 1.807) is 11.1 Å². The third-order valence-electron chi connectivity index (χ3n) is 3.93. The zero-order valence-electron chi connectivity index (χ0n) is 12.1. The highest BCUT2D eigenvalue weighted by atomic mass is 16.4. The molecule has 1 aromatic heterocycles. The minimum Gasteiger partial charge on any atom is -0.481 e. The van der Waals surface area contributed by atoms with Gasteiger partial charge in [0.05, 0.1) is 12.5 Å². The SMILES string of the molecule is O=C(O)[C@@H]1CC(=O)N(Cc2ccccc2Cn2cccn2)C1. The molecule has 114 valence electrons. The second-order valence-corrected chi connectivity index (χ2v) is 5.49. The Balaban J connectivity index is 1.75. The largest absolute Gasteiger partial charge is 0.481 e. The standard InChI is InChI=1S/C16H17N3O3/c20-15-8-14(16(21)22)10-18(15)9-12-4-1-2-5-13(12)11-19-7-3-6-17-19/h1-7,14H,8-11H2,(H,21,22)/t14-/m1/s1. The lowest BCUT2D eigenvalue weighted by Crippen LogP contribution is -2.26. The van der Waals surface area contributed by atoms with Crippen molar-refractivity contribution in [3.8, 4) is 0 Å². The summed E-state index contributed by atoms with van der Waals surface area (Å²) in [6.07, 6.45) is 3.71. The Hall–Kier alpha value is -2.63. The molecule has 0 bridgehead atoms. The number of benzene rings is 1. The first-order chi connectivity index (χ1) is 10.6. The fraction of sp³-hybridized carbons (Fsp3) is 0.312. The smallest absolute Gasteiger partial charge is 0.308 e. The van der Waals surface area contributed by atoms with Crippen LogP contribution < -0.4 is 0 Å². The zero-order chi connectivity index (χ0) is 15.5. The zero-order valence-corrected chi connectivity index (χ0v) is 12.1. The third kappa shape index (κ3) is 3.00. The minimum absolute atomic E-state index is 0.0939. The molecule has 1 amide bonds. The van der Waals surface area contributed by atoms with Crippen LogP contribution in [-0.4, -0.2) is 38.2 Å². The molecule has 1 aromatic carbocycles. The van der Waals surface area contributed by atoms with Crippen molar-refractivity contribution in [3.63, 3.8) is 0 Å². The summed E-state index contributed by atoms with van der Waals surface area (Å²) in [7, 11) is 0. The molecule has 6 nitrogen and oxygen atoms in total. The van der Waals surface area contributed by atoms with Crippen LogP contribution in [0.3, 0.4) is 0 Å². The van der Waals surface area contributed by atoms with Crippen LogP contribution in [0.5, 0.6) is 0 Å². The van der Waals surface area contributed by atoms with Gasteiger partial charge in [0.15, 0.2) is 0 Å². The molecule has 22 heavy (non-hydrogen) atoms. The van der Waals surface area contributed by atoms with Crippen LogP contribution in [0.15, 0.2) is 42.7 Å². The number of carbonyl (C=O) groups is 2. The molecule has 0 aliphatic carbocycles. The Kier molecular flexibility index (Phi) is 3.91. The molecule has 0 radical (unpaired) electrons. The Morgan fingerprint density at radius 1 is 1.23 bits per heavy atom. The van der Waals surface area contributed by atoms with E-state index in [2.05, 4.69) is 5.10 Å². The number of aromatic nitrogens is 2. The molecular weight excluding hydrogens is 282 g/mol. The molecule has 1 aliphatic rings. The molecule has 1 aliphatic heterocycles. The van der Waals surface area contributed by atoms with Gasteiger partial charge in [-0.1, -0.05) is 24.3 Å². The maximum atomic E-state index is 12.0. The van der Waals surface area contributed by atoms with E-state index < -0.39 is 11.9 Å². The van der Waals surface area contributed by atoms with E-state index in [0.717, 1.165) is 11.1 Å². The molecular formula is C16H17N3O3. The molecule has 1 N–H and O–H groups in total. The number of nitrogens with zero attached hydrogens (tertiary/aromatic N) is 3. The van der Waals surface area contributed by atoms with Gasteiger partial charge in [-0.15, -0.1) is 0 Å². The van der Waals surface area contributed by atoms with Gasteiger partial charge in [-0.05, 0) is 17.2 Å². The van der Waals surface area contributed by atoms with Crippen LogP contribution in [0.1, 0.15) is 17.5 Å². The molecule has 1 atom stereocenters. The summed E-state index contributed by atoms with van der Waals surface area (Å²) >= 11 is 0. The van der Waals surface area contributed by atoms with Crippen molar-refractivity contribution < 1.29 is 14.7 Å². The number of carbonyl (C=O) groups excluding carboxylic acids is 1. The number of likely N-dealkylation sites (tertiary alicyclic amines) is 1. The lowest BCUT2D eigenvalue weighted by Gasteiger charge is -2.18. The predicted molar refractivity (Wildman–Crippen MR) is 78.9 cm³/mol. The van der Waals surface area contributed by atoms with Gasteiger partial charge in [-0.25, -0.2) is 0 Å². The average molecular weight is 299 g/mol. The summed E-state index contributed by atoms with van der Waals surface area (Å²) in [5.74, 6) is -1.59. The normalized spacial score (nSPS) is 17.9. The minimum atomic E-state index is -0.902. The topological polar surface area (TPSA) is 75.4 Å². The summed E-state index contributed by atoms with van der Waals surface area (Å²) in [6.45, 7) is 1.36. The first-order valence-electron chi connectivity index (χ1n) is 7.18. The molecule has 2 aromatic rings. The second kappa shape index (κ2) is 6.01. The maximum Gasteiger partial charge on any atom is 0.308 e. The van der Waals surface area contributed by atoms with Crippen LogP contribution in [0.2, 0.25) is 0 Å². The van der Waals surface area contributed by atoms with E-state index in [0.29, 0.717) is 13.1 Å². The number of amides is 1. The van der Waals surface area contributed by atoms with Gasteiger partial charge in [-0.3, -0.25) is 14.3 Å². The molecule has 6 heteroatoms. The monoisotopic (exact) mass is 299 g/mol. The predicted octanol–water partition coefficient (Wildman–Crippen LogP) is 1.36. The van der Waals surface area contributed by atoms with Gasteiger partial charge in [0.1, 0.15) is 0 Å². The molecule has 1 saturated heterocycles. The Labute approximate surface area is 128 Å². The number of carboxylic acids is 1. The molecule has 0 unspecified atom stereocenters. The van der Waals surface area contributed by atoms with Crippen molar-refractivity contribution in [2.75, 3.05) is 6.54 Å². The molecule has 2 heterocycles. The van der Waals surface area contributed by atoms with Gasteiger partial charge in [0.2, 0.25) is 5.91 Å². The highest BCUT2D eigenvalue weighted by Crippen LogP contribution is 2.22. The average Bonchev–Trinajstić information content (AvgIpc) is 3.12. The molecule has 3 rings (SSSR count).